The molecule has 2 saturated heterocycles. The standard InChI is InChI=1S/C22H31N5O/c1-16-7-5-6-8-18(16)22-19-13-26(14-20-23-9-10-25(20)4)11-17(19)12-27(22)21(28)15-24(2)3/h5-10,17,19,22H,11-15H2,1-4H3/t17-,19-,22+/m1/s1. The summed E-state index contributed by atoms with van der Waals surface area (Å²) in [6, 6.07) is 8.73. The summed E-state index contributed by atoms with van der Waals surface area (Å²) in [5.74, 6) is 2.35. The topological polar surface area (TPSA) is 44.6 Å². The van der Waals surface area contributed by atoms with Crippen molar-refractivity contribution < 1.29 is 4.79 Å². The fraction of sp³-hybridized carbons (Fsp3) is 0.545. The number of aryl methyl sites for hydroxylation is 2. The van der Waals surface area contributed by atoms with E-state index in [1.807, 2.05) is 31.4 Å². The van der Waals surface area contributed by atoms with Crippen molar-refractivity contribution in [3.05, 3.63) is 53.6 Å². The highest BCUT2D eigenvalue weighted by molar-refractivity contribution is 5.79. The Morgan fingerprint density at radius 1 is 1.21 bits per heavy atom. The number of hydrogen-bond acceptors (Lipinski definition) is 4. The third kappa shape index (κ3) is 3.59. The summed E-state index contributed by atoms with van der Waals surface area (Å²) in [4.78, 5) is 24.1. The van der Waals surface area contributed by atoms with Crippen LogP contribution in [0.2, 0.25) is 0 Å². The van der Waals surface area contributed by atoms with Crippen molar-refractivity contribution in [2.45, 2.75) is 19.5 Å². The second-order valence-electron chi connectivity index (χ2n) is 8.66. The Morgan fingerprint density at radius 2 is 2.00 bits per heavy atom. The number of likely N-dealkylation sites (tertiary alicyclic amines) is 2. The first-order valence-corrected chi connectivity index (χ1v) is 10.1. The maximum absolute atomic E-state index is 13.0. The van der Waals surface area contributed by atoms with Gasteiger partial charge in [0.2, 0.25) is 5.91 Å². The summed E-state index contributed by atoms with van der Waals surface area (Å²) in [7, 11) is 5.98. The van der Waals surface area contributed by atoms with Gasteiger partial charge < -0.3 is 14.4 Å². The summed E-state index contributed by atoms with van der Waals surface area (Å²) >= 11 is 0. The van der Waals surface area contributed by atoms with Gasteiger partial charge in [-0.2, -0.15) is 0 Å². The molecule has 2 aromatic rings. The van der Waals surface area contributed by atoms with Gasteiger partial charge in [-0.15, -0.1) is 0 Å². The molecule has 0 spiro atoms. The second-order valence-corrected chi connectivity index (χ2v) is 8.66. The molecule has 0 radical (unpaired) electrons. The number of aromatic nitrogens is 2. The molecular weight excluding hydrogens is 350 g/mol. The van der Waals surface area contributed by atoms with Gasteiger partial charge in [0.15, 0.2) is 0 Å². The third-order valence-corrected chi connectivity index (χ3v) is 6.30. The van der Waals surface area contributed by atoms with Crippen LogP contribution < -0.4 is 0 Å². The molecule has 2 aliphatic heterocycles. The third-order valence-electron chi connectivity index (χ3n) is 6.30. The van der Waals surface area contributed by atoms with Gasteiger partial charge in [-0.3, -0.25) is 9.69 Å². The normalized spacial score (nSPS) is 24.9. The molecule has 6 nitrogen and oxygen atoms in total. The SMILES string of the molecule is Cc1ccccc1[C@H]1[C@@H]2CN(Cc3nccn3C)C[C@@H]2CN1C(=O)CN(C)C. The van der Waals surface area contributed by atoms with E-state index in [2.05, 4.69) is 57.6 Å². The van der Waals surface area contributed by atoms with E-state index < -0.39 is 0 Å². The van der Waals surface area contributed by atoms with E-state index in [0.29, 0.717) is 18.4 Å². The molecule has 1 aromatic heterocycles. The molecule has 0 N–H and O–H groups in total. The summed E-state index contributed by atoms with van der Waals surface area (Å²) < 4.78 is 2.10. The van der Waals surface area contributed by atoms with Gasteiger partial charge in [0, 0.05) is 45.0 Å². The van der Waals surface area contributed by atoms with E-state index >= 15 is 0 Å². The van der Waals surface area contributed by atoms with Crippen LogP contribution in [-0.4, -0.2) is 70.4 Å². The van der Waals surface area contributed by atoms with E-state index in [0.717, 1.165) is 32.0 Å². The quantitative estimate of drug-likeness (QED) is 0.794. The van der Waals surface area contributed by atoms with E-state index in [9.17, 15) is 4.79 Å². The lowest BCUT2D eigenvalue weighted by atomic mass is 9.87. The average Bonchev–Trinajstić information content (AvgIpc) is 3.30. The van der Waals surface area contributed by atoms with E-state index in [1.54, 1.807) is 0 Å². The number of carbonyl (C=O) groups excluding carboxylic acids is 1. The molecule has 1 aromatic carbocycles. The van der Waals surface area contributed by atoms with Crippen molar-refractivity contribution in [3.63, 3.8) is 0 Å². The van der Waals surface area contributed by atoms with Crippen LogP contribution in [-0.2, 0) is 18.4 Å². The lowest BCUT2D eigenvalue weighted by Crippen LogP contribution is -2.40. The van der Waals surface area contributed by atoms with Gasteiger partial charge in [0.25, 0.3) is 0 Å². The number of fused-ring (bicyclic) bond motifs is 1. The zero-order valence-corrected chi connectivity index (χ0v) is 17.4. The Bertz CT molecular complexity index is 845. The van der Waals surface area contributed by atoms with Crippen LogP contribution in [0.15, 0.2) is 36.7 Å². The summed E-state index contributed by atoms with van der Waals surface area (Å²) in [5.41, 5.74) is 2.58. The highest BCUT2D eigenvalue weighted by atomic mass is 16.2. The molecular formula is C22H31N5O. The van der Waals surface area contributed by atoms with Crippen LogP contribution >= 0.6 is 0 Å². The Morgan fingerprint density at radius 3 is 2.68 bits per heavy atom. The van der Waals surface area contributed by atoms with Crippen LogP contribution in [0.3, 0.4) is 0 Å². The smallest absolute Gasteiger partial charge is 0.237 e. The maximum atomic E-state index is 13.0. The monoisotopic (exact) mass is 381 g/mol. The number of imidazole rings is 1. The minimum atomic E-state index is 0.171. The van der Waals surface area contributed by atoms with Crippen LogP contribution in [0.25, 0.3) is 0 Å². The highest BCUT2D eigenvalue weighted by Crippen LogP contribution is 2.46. The minimum absolute atomic E-state index is 0.171. The molecule has 150 valence electrons. The van der Waals surface area contributed by atoms with Crippen molar-refractivity contribution in [2.75, 3.05) is 40.3 Å². The molecule has 0 aliphatic carbocycles. The van der Waals surface area contributed by atoms with E-state index in [-0.39, 0.29) is 11.9 Å². The van der Waals surface area contributed by atoms with Crippen molar-refractivity contribution in [1.82, 2.24) is 24.3 Å². The first kappa shape index (κ1) is 19.2. The molecule has 3 heterocycles. The highest BCUT2D eigenvalue weighted by Gasteiger charge is 2.49. The summed E-state index contributed by atoms with van der Waals surface area (Å²) in [5, 5.41) is 0. The van der Waals surface area contributed by atoms with Gasteiger partial charge in [-0.1, -0.05) is 24.3 Å². The van der Waals surface area contributed by atoms with Crippen LogP contribution in [0.1, 0.15) is 23.0 Å². The molecule has 28 heavy (non-hydrogen) atoms. The number of carbonyl (C=O) groups is 1. The van der Waals surface area contributed by atoms with E-state index in [1.165, 1.54) is 11.1 Å². The van der Waals surface area contributed by atoms with Crippen LogP contribution in [0.4, 0.5) is 0 Å². The molecule has 2 fully saturated rings. The van der Waals surface area contributed by atoms with Gasteiger partial charge in [0.1, 0.15) is 5.82 Å². The zero-order chi connectivity index (χ0) is 19.8. The Kier molecular flexibility index (Phi) is 5.25. The second kappa shape index (κ2) is 7.68. The van der Waals surface area contributed by atoms with E-state index in [4.69, 9.17) is 0 Å². The van der Waals surface area contributed by atoms with Gasteiger partial charge in [0.05, 0.1) is 19.1 Å². The first-order valence-electron chi connectivity index (χ1n) is 10.1. The largest absolute Gasteiger partial charge is 0.337 e. The van der Waals surface area contributed by atoms with Crippen molar-refractivity contribution in [2.24, 2.45) is 18.9 Å². The van der Waals surface area contributed by atoms with Crippen LogP contribution in [0.5, 0.6) is 0 Å². The first-order chi connectivity index (χ1) is 13.4. The summed E-state index contributed by atoms with van der Waals surface area (Å²) in [6.07, 6.45) is 3.87. The van der Waals surface area contributed by atoms with Gasteiger partial charge in [-0.25, -0.2) is 4.98 Å². The fourth-order valence-corrected chi connectivity index (χ4v) is 4.95. The summed E-state index contributed by atoms with van der Waals surface area (Å²) in [6.45, 7) is 6.42. The van der Waals surface area contributed by atoms with Crippen molar-refractivity contribution >= 4 is 5.91 Å². The zero-order valence-electron chi connectivity index (χ0n) is 17.4. The Labute approximate surface area is 167 Å². The number of benzene rings is 1. The molecule has 1 amide bonds. The van der Waals surface area contributed by atoms with Crippen molar-refractivity contribution in [3.8, 4) is 0 Å². The molecule has 0 saturated carbocycles. The molecule has 6 heteroatoms. The van der Waals surface area contributed by atoms with Gasteiger partial charge >= 0.3 is 0 Å². The molecule has 2 aliphatic rings. The Hall–Kier alpha value is -2.18. The molecule has 4 rings (SSSR count). The van der Waals surface area contributed by atoms with Crippen LogP contribution in [0, 0.1) is 18.8 Å². The lowest BCUT2D eigenvalue weighted by Gasteiger charge is -2.31. The maximum Gasteiger partial charge on any atom is 0.237 e. The molecule has 3 atom stereocenters. The molecule has 0 unspecified atom stereocenters. The van der Waals surface area contributed by atoms with Gasteiger partial charge in [-0.05, 0) is 38.1 Å². The Balaban J connectivity index is 1.58. The number of nitrogens with zero attached hydrogens (tertiary/aromatic N) is 5. The average molecular weight is 382 g/mol. The van der Waals surface area contributed by atoms with Crippen molar-refractivity contribution in [1.29, 1.82) is 0 Å². The predicted octanol–water partition coefficient (Wildman–Crippen LogP) is 1.92. The minimum Gasteiger partial charge on any atom is -0.337 e. The number of likely N-dealkylation sites (N-methyl/N-ethyl adjacent to an activating group) is 1. The number of amides is 1. The fourth-order valence-electron chi connectivity index (χ4n) is 4.95. The lowest BCUT2D eigenvalue weighted by molar-refractivity contribution is -0.133. The predicted molar refractivity (Wildman–Crippen MR) is 110 cm³/mol. The number of rotatable bonds is 5. The number of hydrogen-bond donors (Lipinski definition) is 0. The molecule has 0 bridgehead atoms.